The number of benzene rings is 1. The average Bonchev–Trinajstić information content (AvgIpc) is 2.44. The van der Waals surface area contributed by atoms with Crippen LogP contribution in [0.3, 0.4) is 0 Å². The molecule has 0 radical (unpaired) electrons. The van der Waals surface area contributed by atoms with Crippen LogP contribution in [0.25, 0.3) is 0 Å². The number of rotatable bonds is 7. The Labute approximate surface area is 128 Å². The van der Waals surface area contributed by atoms with Crippen LogP contribution in [0.5, 0.6) is 5.75 Å². The molecule has 1 atom stereocenters. The minimum absolute atomic E-state index is 0.105. The zero-order valence-corrected chi connectivity index (χ0v) is 13.6. The Morgan fingerprint density at radius 3 is 2.52 bits per heavy atom. The fraction of sp³-hybridized carbons (Fsp3) is 0.462. The van der Waals surface area contributed by atoms with Gasteiger partial charge in [-0.25, -0.2) is 8.42 Å². The molecule has 1 aromatic carbocycles. The number of halogens is 1. The van der Waals surface area contributed by atoms with Crippen molar-refractivity contribution in [2.45, 2.75) is 24.3 Å². The molecule has 0 spiro atoms. The molecule has 0 fully saturated rings. The van der Waals surface area contributed by atoms with Gasteiger partial charge in [0.1, 0.15) is 5.75 Å². The van der Waals surface area contributed by atoms with Gasteiger partial charge in [0.05, 0.1) is 30.2 Å². The Kier molecular flexibility index (Phi) is 6.44. The van der Waals surface area contributed by atoms with E-state index in [2.05, 4.69) is 5.32 Å². The summed E-state index contributed by atoms with van der Waals surface area (Å²) in [5.74, 6) is -0.179. The maximum absolute atomic E-state index is 12.3. The van der Waals surface area contributed by atoms with Crippen molar-refractivity contribution >= 4 is 25.6 Å². The van der Waals surface area contributed by atoms with Crippen molar-refractivity contribution in [2.24, 2.45) is 0 Å². The molecule has 0 aliphatic carbocycles. The molecular formula is C13H18ClNO5S. The lowest BCUT2D eigenvalue weighted by Crippen LogP contribution is -2.37. The van der Waals surface area contributed by atoms with E-state index in [1.54, 1.807) is 0 Å². The van der Waals surface area contributed by atoms with E-state index in [1.165, 1.54) is 32.4 Å². The molecule has 1 aromatic rings. The predicted molar refractivity (Wildman–Crippen MR) is 79.5 cm³/mol. The largest absolute Gasteiger partial charge is 0.496 e. The highest BCUT2D eigenvalue weighted by Gasteiger charge is 2.20. The minimum atomic E-state index is -3.92. The first-order chi connectivity index (χ1) is 9.83. The smallest absolute Gasteiger partial charge is 0.261 e. The summed E-state index contributed by atoms with van der Waals surface area (Å²) in [6.07, 6.45) is 0.676. The van der Waals surface area contributed by atoms with Crippen LogP contribution >= 0.6 is 10.7 Å². The highest BCUT2D eigenvalue weighted by atomic mass is 35.7. The van der Waals surface area contributed by atoms with Gasteiger partial charge < -0.3 is 14.8 Å². The van der Waals surface area contributed by atoms with Crippen molar-refractivity contribution in [2.75, 3.05) is 20.8 Å². The van der Waals surface area contributed by atoms with E-state index in [9.17, 15) is 13.2 Å². The summed E-state index contributed by atoms with van der Waals surface area (Å²) in [5, 5.41) is 2.76. The SMILES string of the molecule is CCC(COC)NC(=O)c1cc(S(=O)(=O)Cl)ccc1OC. The zero-order chi connectivity index (χ0) is 16.0. The van der Waals surface area contributed by atoms with Gasteiger partial charge in [0.25, 0.3) is 15.0 Å². The monoisotopic (exact) mass is 335 g/mol. The third kappa shape index (κ3) is 4.87. The number of methoxy groups -OCH3 is 2. The molecule has 0 bridgehead atoms. The fourth-order valence-electron chi connectivity index (χ4n) is 1.74. The van der Waals surface area contributed by atoms with Gasteiger partial charge in [-0.2, -0.15) is 0 Å². The third-order valence-electron chi connectivity index (χ3n) is 2.89. The van der Waals surface area contributed by atoms with Gasteiger partial charge >= 0.3 is 0 Å². The van der Waals surface area contributed by atoms with E-state index in [0.29, 0.717) is 13.0 Å². The van der Waals surface area contributed by atoms with Gasteiger partial charge in [-0.15, -0.1) is 0 Å². The summed E-state index contributed by atoms with van der Waals surface area (Å²) < 4.78 is 32.8. The van der Waals surface area contributed by atoms with Crippen LogP contribution in [0.15, 0.2) is 23.1 Å². The highest BCUT2D eigenvalue weighted by molar-refractivity contribution is 8.13. The lowest BCUT2D eigenvalue weighted by atomic mass is 10.1. The summed E-state index contributed by atoms with van der Waals surface area (Å²) in [5.41, 5.74) is 0.105. The molecule has 21 heavy (non-hydrogen) atoms. The zero-order valence-electron chi connectivity index (χ0n) is 12.1. The highest BCUT2D eigenvalue weighted by Crippen LogP contribution is 2.24. The molecule has 1 unspecified atom stereocenters. The van der Waals surface area contributed by atoms with Gasteiger partial charge in [-0.05, 0) is 24.6 Å². The summed E-state index contributed by atoms with van der Waals surface area (Å²) in [6.45, 7) is 2.26. The van der Waals surface area contributed by atoms with Crippen LogP contribution in [0.2, 0.25) is 0 Å². The molecule has 1 N–H and O–H groups in total. The molecule has 0 saturated carbocycles. The van der Waals surface area contributed by atoms with E-state index in [1.807, 2.05) is 6.92 Å². The van der Waals surface area contributed by atoms with E-state index in [4.69, 9.17) is 20.2 Å². The molecule has 0 heterocycles. The van der Waals surface area contributed by atoms with Crippen molar-refractivity contribution in [3.05, 3.63) is 23.8 Å². The molecule has 118 valence electrons. The van der Waals surface area contributed by atoms with Crippen LogP contribution < -0.4 is 10.1 Å². The van der Waals surface area contributed by atoms with Crippen molar-refractivity contribution in [1.82, 2.24) is 5.32 Å². The summed E-state index contributed by atoms with van der Waals surface area (Å²) in [4.78, 5) is 12.1. The van der Waals surface area contributed by atoms with Gasteiger partial charge in [0, 0.05) is 17.8 Å². The number of carbonyl (C=O) groups excluding carboxylic acids is 1. The second-order valence-electron chi connectivity index (χ2n) is 4.33. The van der Waals surface area contributed by atoms with E-state index in [0.717, 1.165) is 0 Å². The molecule has 1 amide bonds. The van der Waals surface area contributed by atoms with Gasteiger partial charge in [0.15, 0.2) is 0 Å². The van der Waals surface area contributed by atoms with Crippen molar-refractivity contribution in [1.29, 1.82) is 0 Å². The van der Waals surface area contributed by atoms with Crippen molar-refractivity contribution < 1.29 is 22.7 Å². The van der Waals surface area contributed by atoms with E-state index in [-0.39, 0.29) is 22.3 Å². The maximum Gasteiger partial charge on any atom is 0.261 e. The average molecular weight is 336 g/mol. The van der Waals surface area contributed by atoms with Crippen molar-refractivity contribution in [3.63, 3.8) is 0 Å². The van der Waals surface area contributed by atoms with Crippen LogP contribution in [0.1, 0.15) is 23.7 Å². The Morgan fingerprint density at radius 1 is 1.38 bits per heavy atom. The molecule has 0 saturated heterocycles. The van der Waals surface area contributed by atoms with Crippen LogP contribution in [0, 0.1) is 0 Å². The van der Waals surface area contributed by atoms with E-state index >= 15 is 0 Å². The molecule has 0 aliphatic heterocycles. The lowest BCUT2D eigenvalue weighted by Gasteiger charge is -2.17. The normalized spacial score (nSPS) is 12.8. The number of amides is 1. The van der Waals surface area contributed by atoms with Crippen molar-refractivity contribution in [3.8, 4) is 5.75 Å². The Morgan fingerprint density at radius 2 is 2.05 bits per heavy atom. The quantitative estimate of drug-likeness (QED) is 0.768. The minimum Gasteiger partial charge on any atom is -0.496 e. The number of carbonyl (C=O) groups is 1. The Balaban J connectivity index is 3.11. The van der Waals surface area contributed by atoms with Gasteiger partial charge in [-0.1, -0.05) is 6.92 Å². The maximum atomic E-state index is 12.3. The van der Waals surface area contributed by atoms with Crippen LogP contribution in [0.4, 0.5) is 0 Å². The van der Waals surface area contributed by atoms with Gasteiger partial charge in [-0.3, -0.25) is 4.79 Å². The summed E-state index contributed by atoms with van der Waals surface area (Å²) in [7, 11) is 4.31. The molecular weight excluding hydrogens is 318 g/mol. The molecule has 1 rings (SSSR count). The Bertz CT molecular complexity index is 603. The summed E-state index contributed by atoms with van der Waals surface area (Å²) in [6, 6.07) is 3.69. The third-order valence-corrected chi connectivity index (χ3v) is 4.24. The standard InChI is InChI=1S/C13H18ClNO5S/c1-4-9(8-19-2)15-13(16)11-7-10(21(14,17)18)5-6-12(11)20-3/h5-7,9H,4,8H2,1-3H3,(H,15,16). The predicted octanol–water partition coefficient (Wildman–Crippen LogP) is 1.78. The first kappa shape index (κ1) is 17.7. The topological polar surface area (TPSA) is 81.7 Å². The first-order valence-corrected chi connectivity index (χ1v) is 8.56. The molecule has 0 aliphatic rings. The Hall–Kier alpha value is -1.31. The lowest BCUT2D eigenvalue weighted by molar-refractivity contribution is 0.0891. The van der Waals surface area contributed by atoms with Crippen LogP contribution in [-0.2, 0) is 13.8 Å². The summed E-state index contributed by atoms with van der Waals surface area (Å²) >= 11 is 0. The van der Waals surface area contributed by atoms with Crippen LogP contribution in [-0.4, -0.2) is 41.2 Å². The number of hydrogen-bond acceptors (Lipinski definition) is 5. The molecule has 0 aromatic heterocycles. The molecule has 6 nitrogen and oxygen atoms in total. The number of nitrogens with one attached hydrogen (secondary N) is 1. The second kappa shape index (κ2) is 7.63. The number of hydrogen-bond donors (Lipinski definition) is 1. The number of ether oxygens (including phenoxy) is 2. The second-order valence-corrected chi connectivity index (χ2v) is 6.90. The first-order valence-electron chi connectivity index (χ1n) is 6.26. The van der Waals surface area contributed by atoms with E-state index < -0.39 is 15.0 Å². The fourth-order valence-corrected chi connectivity index (χ4v) is 2.52. The molecule has 8 heteroatoms. The van der Waals surface area contributed by atoms with Gasteiger partial charge in [0.2, 0.25) is 0 Å².